The zero-order valence-electron chi connectivity index (χ0n) is 23.0. The van der Waals surface area contributed by atoms with Gasteiger partial charge < -0.3 is 10.2 Å². The van der Waals surface area contributed by atoms with Crippen molar-refractivity contribution in [2.45, 2.75) is 0 Å². The van der Waals surface area contributed by atoms with Gasteiger partial charge in [0.05, 0.1) is 23.8 Å². The molecule has 10 nitrogen and oxygen atoms in total. The van der Waals surface area contributed by atoms with Gasteiger partial charge in [0.1, 0.15) is 34.3 Å². The third-order valence-corrected chi connectivity index (χ3v) is 7.59. The van der Waals surface area contributed by atoms with Crippen LogP contribution in [0.15, 0.2) is 122 Å². The summed E-state index contributed by atoms with van der Waals surface area (Å²) in [7, 11) is 0. The predicted octanol–water partition coefficient (Wildman–Crippen LogP) is 6.36. The van der Waals surface area contributed by atoms with Gasteiger partial charge in [-0.15, -0.1) is 10.2 Å². The number of nitrogens with zero attached hydrogens (tertiary/aromatic N) is 8. The molecular weight excluding hydrogens is 552 g/mol. The normalized spacial score (nSPS) is 11.4. The van der Waals surface area contributed by atoms with Crippen molar-refractivity contribution in [2.24, 2.45) is 0 Å². The summed E-state index contributed by atoms with van der Waals surface area (Å²) in [6, 6.07) is 30.2. The maximum Gasteiger partial charge on any atom is 0.149 e. The van der Waals surface area contributed by atoms with Crippen molar-refractivity contribution in [3.63, 3.8) is 0 Å². The topological polar surface area (TPSA) is 128 Å². The molecule has 0 aliphatic heterocycles. The van der Waals surface area contributed by atoms with Crippen LogP contribution in [-0.4, -0.2) is 50.2 Å². The van der Waals surface area contributed by atoms with E-state index in [2.05, 4.69) is 30.6 Å². The minimum Gasteiger partial charge on any atom is -0.505 e. The van der Waals surface area contributed by atoms with Gasteiger partial charge in [-0.2, -0.15) is 0 Å². The second-order valence-corrected chi connectivity index (χ2v) is 10.2. The van der Waals surface area contributed by atoms with Crippen LogP contribution in [0.3, 0.4) is 0 Å². The number of benzene rings is 4. The maximum atomic E-state index is 12.0. The number of hydrogen-bond donors (Lipinski definition) is 2. The van der Waals surface area contributed by atoms with Crippen LogP contribution in [0.25, 0.3) is 66.8 Å². The number of aromatic nitrogens is 8. The molecule has 0 fully saturated rings. The predicted molar refractivity (Wildman–Crippen MR) is 167 cm³/mol. The Hall–Kier alpha value is -6.42. The molecule has 10 heteroatoms. The van der Waals surface area contributed by atoms with E-state index in [0.29, 0.717) is 45.3 Å². The van der Waals surface area contributed by atoms with Gasteiger partial charge in [0.2, 0.25) is 0 Å². The average molecular weight is 575 g/mol. The van der Waals surface area contributed by atoms with E-state index in [4.69, 9.17) is 0 Å². The van der Waals surface area contributed by atoms with Crippen LogP contribution in [0.5, 0.6) is 11.5 Å². The standard InChI is InChI=1S/C34H22N8O2/c43-33-29(41-19-27(37-39-41)25-13-5-7-15-35-25)17-21-9-1-3-11-23(21)31(33)32-24-12-4-2-10-22(24)18-30(34(32)44)42-20-28(38-40-42)26-14-6-8-16-36-26/h1-20,43-44H. The van der Waals surface area contributed by atoms with Crippen LogP contribution in [0.2, 0.25) is 0 Å². The van der Waals surface area contributed by atoms with Crippen molar-refractivity contribution in [3.05, 3.63) is 122 Å². The summed E-state index contributed by atoms with van der Waals surface area (Å²) in [6.07, 6.45) is 6.82. The lowest BCUT2D eigenvalue weighted by Crippen LogP contribution is -2.00. The lowest BCUT2D eigenvalue weighted by atomic mass is 9.91. The number of rotatable bonds is 5. The van der Waals surface area contributed by atoms with Crippen molar-refractivity contribution in [1.82, 2.24) is 40.0 Å². The molecule has 8 aromatic rings. The molecule has 0 bridgehead atoms. The van der Waals surface area contributed by atoms with E-state index in [0.717, 1.165) is 21.5 Å². The summed E-state index contributed by atoms with van der Waals surface area (Å²) in [5, 5.41) is 44.5. The number of phenolic OH excluding ortho intramolecular Hbond substituents is 2. The van der Waals surface area contributed by atoms with E-state index in [1.165, 1.54) is 9.36 Å². The first kappa shape index (κ1) is 25.3. The Morgan fingerprint density at radius 2 is 0.909 bits per heavy atom. The first-order valence-corrected chi connectivity index (χ1v) is 13.8. The lowest BCUT2D eigenvalue weighted by Gasteiger charge is -2.18. The van der Waals surface area contributed by atoms with Gasteiger partial charge in [-0.25, -0.2) is 9.36 Å². The van der Waals surface area contributed by atoms with Gasteiger partial charge in [-0.1, -0.05) is 71.1 Å². The Labute approximate surface area is 250 Å². The highest BCUT2D eigenvalue weighted by atomic mass is 16.3. The number of phenols is 2. The van der Waals surface area contributed by atoms with Gasteiger partial charge in [0.15, 0.2) is 0 Å². The largest absolute Gasteiger partial charge is 0.505 e. The molecule has 210 valence electrons. The van der Waals surface area contributed by atoms with E-state index in [1.54, 1.807) is 24.8 Å². The highest BCUT2D eigenvalue weighted by Gasteiger charge is 2.24. The van der Waals surface area contributed by atoms with Crippen LogP contribution >= 0.6 is 0 Å². The Balaban J connectivity index is 1.38. The summed E-state index contributed by atoms with van der Waals surface area (Å²) < 4.78 is 3.05. The molecule has 0 radical (unpaired) electrons. The molecule has 0 aliphatic rings. The Morgan fingerprint density at radius 1 is 0.477 bits per heavy atom. The fourth-order valence-electron chi connectivity index (χ4n) is 5.53. The SMILES string of the molecule is Oc1c(-n2cc(-c3ccccn3)nn2)cc2ccccc2c1-c1c(O)c(-n2cc(-c3ccccn3)nn2)cc2ccccc12. The number of pyridine rings is 2. The summed E-state index contributed by atoms with van der Waals surface area (Å²) >= 11 is 0. The van der Waals surface area contributed by atoms with E-state index in [9.17, 15) is 10.2 Å². The first-order valence-electron chi connectivity index (χ1n) is 13.8. The molecule has 2 N–H and O–H groups in total. The average Bonchev–Trinajstić information content (AvgIpc) is 3.77. The fourth-order valence-corrected chi connectivity index (χ4v) is 5.53. The van der Waals surface area contributed by atoms with Crippen LogP contribution in [0.4, 0.5) is 0 Å². The van der Waals surface area contributed by atoms with Gasteiger partial charge in [-0.3, -0.25) is 9.97 Å². The third-order valence-electron chi connectivity index (χ3n) is 7.59. The molecule has 4 aromatic heterocycles. The minimum atomic E-state index is -0.0634. The third kappa shape index (κ3) is 4.12. The van der Waals surface area contributed by atoms with E-state index >= 15 is 0 Å². The minimum absolute atomic E-state index is 0.0634. The monoisotopic (exact) mass is 574 g/mol. The highest BCUT2D eigenvalue weighted by Crippen LogP contribution is 2.49. The summed E-state index contributed by atoms with van der Waals surface area (Å²) in [5.74, 6) is -0.127. The van der Waals surface area contributed by atoms with Crippen molar-refractivity contribution < 1.29 is 10.2 Å². The number of hydrogen-bond acceptors (Lipinski definition) is 8. The fraction of sp³-hybridized carbons (Fsp3) is 0. The van der Waals surface area contributed by atoms with Crippen LogP contribution in [-0.2, 0) is 0 Å². The molecule has 0 saturated carbocycles. The van der Waals surface area contributed by atoms with E-state index in [-0.39, 0.29) is 11.5 Å². The second-order valence-electron chi connectivity index (χ2n) is 10.2. The maximum absolute atomic E-state index is 12.0. The van der Waals surface area contributed by atoms with Crippen LogP contribution < -0.4 is 0 Å². The molecule has 44 heavy (non-hydrogen) atoms. The Bertz CT molecular complexity index is 2150. The summed E-state index contributed by atoms with van der Waals surface area (Å²) in [5.41, 5.74) is 4.15. The molecule has 0 atom stereocenters. The molecule has 0 spiro atoms. The molecule has 0 unspecified atom stereocenters. The van der Waals surface area contributed by atoms with Crippen molar-refractivity contribution in [1.29, 1.82) is 0 Å². The summed E-state index contributed by atoms with van der Waals surface area (Å²) in [6.45, 7) is 0. The Morgan fingerprint density at radius 3 is 1.34 bits per heavy atom. The van der Waals surface area contributed by atoms with Crippen molar-refractivity contribution in [3.8, 4) is 56.8 Å². The van der Waals surface area contributed by atoms with Gasteiger partial charge in [0.25, 0.3) is 0 Å². The van der Waals surface area contributed by atoms with Gasteiger partial charge >= 0.3 is 0 Å². The van der Waals surface area contributed by atoms with Gasteiger partial charge in [-0.05, 0) is 57.9 Å². The first-order chi connectivity index (χ1) is 21.7. The number of aromatic hydroxyl groups is 2. The second kappa shape index (κ2) is 10.1. The molecule has 0 saturated heterocycles. The van der Waals surface area contributed by atoms with Crippen LogP contribution in [0, 0.1) is 0 Å². The van der Waals surface area contributed by atoms with Crippen molar-refractivity contribution in [2.75, 3.05) is 0 Å². The quantitative estimate of drug-likeness (QED) is 0.243. The molecule has 4 heterocycles. The Kier molecular flexibility index (Phi) is 5.83. The lowest BCUT2D eigenvalue weighted by molar-refractivity contribution is 0.465. The smallest absolute Gasteiger partial charge is 0.149 e. The molecular formula is C34H22N8O2. The van der Waals surface area contributed by atoms with E-state index in [1.807, 2.05) is 97.1 Å². The molecule has 8 rings (SSSR count). The summed E-state index contributed by atoms with van der Waals surface area (Å²) in [4.78, 5) is 8.74. The molecule has 4 aromatic carbocycles. The molecule has 0 amide bonds. The number of fused-ring (bicyclic) bond motifs is 2. The molecule has 0 aliphatic carbocycles. The zero-order valence-corrected chi connectivity index (χ0v) is 23.0. The zero-order chi connectivity index (χ0) is 29.6. The highest BCUT2D eigenvalue weighted by molar-refractivity contribution is 6.12. The van der Waals surface area contributed by atoms with Crippen molar-refractivity contribution >= 4 is 21.5 Å². The van der Waals surface area contributed by atoms with E-state index < -0.39 is 0 Å². The van der Waals surface area contributed by atoms with Crippen LogP contribution in [0.1, 0.15) is 0 Å². The van der Waals surface area contributed by atoms with Gasteiger partial charge in [0, 0.05) is 23.5 Å².